The summed E-state index contributed by atoms with van der Waals surface area (Å²) in [6.45, 7) is 24.7. The van der Waals surface area contributed by atoms with Gasteiger partial charge in [-0.3, -0.25) is 9.97 Å². The maximum Gasteiger partial charge on any atom is 0.0943 e. The summed E-state index contributed by atoms with van der Waals surface area (Å²) in [5.74, 6) is 1.64. The molecule has 75 heavy (non-hydrogen) atoms. The zero-order chi connectivity index (χ0) is 52.8. The third-order valence-electron chi connectivity index (χ3n) is 14.7. The van der Waals surface area contributed by atoms with Crippen LogP contribution in [0.1, 0.15) is 153 Å². The molecule has 2 unspecified atom stereocenters. The summed E-state index contributed by atoms with van der Waals surface area (Å²) in [7, 11) is 0. The lowest BCUT2D eigenvalue weighted by Gasteiger charge is -2.27. The number of hydrogen-bond donors (Lipinski definition) is 2. The van der Waals surface area contributed by atoms with E-state index in [0.717, 1.165) is 33.9 Å². The lowest BCUT2D eigenvalue weighted by molar-refractivity contribution is 0.812. The van der Waals surface area contributed by atoms with Gasteiger partial charge in [-0.1, -0.05) is 242 Å². The maximum atomic E-state index is 5.31. The first-order valence-electron chi connectivity index (χ1n) is 27.1. The Morgan fingerprint density at radius 1 is 0.333 bits per heavy atom. The number of pyridine rings is 2. The van der Waals surface area contributed by atoms with Gasteiger partial charge in [0, 0.05) is 22.5 Å². The second kappa shape index (κ2) is 23.2. The highest BCUT2D eigenvalue weighted by Gasteiger charge is 2.25. The van der Waals surface area contributed by atoms with Crippen LogP contribution in [0.5, 0.6) is 0 Å². The Morgan fingerprint density at radius 2 is 0.693 bits per heavy atom. The minimum absolute atomic E-state index is 0.0754. The normalized spacial score (nSPS) is 12.3. The molecule has 0 radical (unpaired) electrons. The number of fused-ring (bicyclic) bond motifs is 2. The second-order valence-corrected chi connectivity index (χ2v) is 21.6. The molecule has 2 aromatic heterocycles. The molecular weight excluding hydrogens is 909 g/mol. The quantitative estimate of drug-likeness (QED) is 0.114. The summed E-state index contributed by atoms with van der Waals surface area (Å²) in [5.41, 5.74) is 20.5. The highest BCUT2D eigenvalue weighted by Crippen LogP contribution is 2.40. The minimum Gasteiger partial charge on any atom is -0.372 e. The van der Waals surface area contributed by atoms with Gasteiger partial charge in [0.2, 0.25) is 0 Å². The maximum absolute atomic E-state index is 5.31. The van der Waals surface area contributed by atoms with E-state index in [1.165, 1.54) is 83.0 Å². The first-order valence-corrected chi connectivity index (χ1v) is 27.1. The van der Waals surface area contributed by atoms with Crippen LogP contribution in [0, 0.1) is 20.8 Å². The number of aromatic nitrogens is 2. The summed E-state index contributed by atoms with van der Waals surface area (Å²) in [5, 5.41) is 12.9. The van der Waals surface area contributed by atoms with Crippen molar-refractivity contribution in [2.45, 2.75) is 112 Å². The summed E-state index contributed by atoms with van der Waals surface area (Å²) >= 11 is 0. The van der Waals surface area contributed by atoms with Crippen LogP contribution >= 0.6 is 0 Å². The second-order valence-electron chi connectivity index (χ2n) is 21.6. The van der Waals surface area contributed by atoms with Gasteiger partial charge in [-0.05, 0) is 129 Å². The molecule has 2 N–H and O–H groups in total. The number of hydrogen-bond acceptors (Lipinski definition) is 4. The Labute approximate surface area is 447 Å². The van der Waals surface area contributed by atoms with E-state index in [1.54, 1.807) is 0 Å². The van der Waals surface area contributed by atoms with Crippen molar-refractivity contribution < 1.29 is 0 Å². The zero-order valence-corrected chi connectivity index (χ0v) is 45.9. The molecule has 10 aromatic rings. The van der Waals surface area contributed by atoms with E-state index in [2.05, 4.69) is 287 Å². The molecule has 0 aliphatic rings. The van der Waals surface area contributed by atoms with E-state index < -0.39 is 0 Å². The predicted octanol–water partition coefficient (Wildman–Crippen LogP) is 19.6. The summed E-state index contributed by atoms with van der Waals surface area (Å²) in [4.78, 5) is 10.6. The molecule has 0 bridgehead atoms. The van der Waals surface area contributed by atoms with Gasteiger partial charge in [0.05, 0.1) is 34.9 Å². The Morgan fingerprint density at radius 3 is 1.15 bits per heavy atom. The Hall–Kier alpha value is -7.82. The van der Waals surface area contributed by atoms with E-state index >= 15 is 0 Å². The van der Waals surface area contributed by atoms with Crippen LogP contribution in [0.15, 0.2) is 200 Å². The first kappa shape index (κ1) is 52.1. The molecule has 8 aromatic carbocycles. The van der Waals surface area contributed by atoms with Gasteiger partial charge < -0.3 is 10.6 Å². The molecule has 0 spiro atoms. The van der Waals surface area contributed by atoms with Gasteiger partial charge in [0.1, 0.15) is 0 Å². The largest absolute Gasteiger partial charge is 0.372 e. The van der Waals surface area contributed by atoms with E-state index in [-0.39, 0.29) is 12.1 Å². The van der Waals surface area contributed by atoms with Gasteiger partial charge in [0.25, 0.3) is 0 Å². The van der Waals surface area contributed by atoms with Gasteiger partial charge in [-0.25, -0.2) is 0 Å². The zero-order valence-electron chi connectivity index (χ0n) is 45.9. The molecule has 10 rings (SSSR count). The molecule has 2 heterocycles. The Kier molecular flexibility index (Phi) is 16.1. The van der Waals surface area contributed by atoms with E-state index in [1.807, 2.05) is 0 Å². The van der Waals surface area contributed by atoms with Crippen molar-refractivity contribution >= 4 is 32.9 Å². The molecule has 378 valence electrons. The van der Waals surface area contributed by atoms with E-state index in [4.69, 9.17) is 9.97 Å². The average molecular weight is 983 g/mol. The third-order valence-corrected chi connectivity index (χ3v) is 14.7. The smallest absolute Gasteiger partial charge is 0.0943 e. The van der Waals surface area contributed by atoms with E-state index in [0.29, 0.717) is 23.7 Å². The van der Waals surface area contributed by atoms with Crippen LogP contribution in [0.3, 0.4) is 0 Å². The van der Waals surface area contributed by atoms with Gasteiger partial charge in [0.15, 0.2) is 0 Å². The van der Waals surface area contributed by atoms with Crippen LogP contribution in [-0.2, 0) is 0 Å². The lowest BCUT2D eigenvalue weighted by atomic mass is 9.90. The highest BCUT2D eigenvalue weighted by atomic mass is 15.0. The third kappa shape index (κ3) is 11.6. The lowest BCUT2D eigenvalue weighted by Crippen LogP contribution is -2.18. The predicted molar refractivity (Wildman–Crippen MR) is 322 cm³/mol. The molecule has 0 saturated carbocycles. The fourth-order valence-electron chi connectivity index (χ4n) is 10.9. The van der Waals surface area contributed by atoms with Crippen molar-refractivity contribution in [2.75, 3.05) is 10.6 Å². The molecule has 2 atom stereocenters. The highest BCUT2D eigenvalue weighted by molar-refractivity contribution is 5.96. The van der Waals surface area contributed by atoms with Crippen molar-refractivity contribution in [3.05, 3.63) is 262 Å². The van der Waals surface area contributed by atoms with Crippen molar-refractivity contribution in [1.29, 1.82) is 0 Å². The summed E-state index contributed by atoms with van der Waals surface area (Å²) in [6, 6.07) is 71.6. The molecule has 0 aliphatic carbocycles. The monoisotopic (exact) mass is 983 g/mol. The van der Waals surface area contributed by atoms with Crippen molar-refractivity contribution in [1.82, 2.24) is 9.97 Å². The summed E-state index contributed by atoms with van der Waals surface area (Å²) in [6.07, 6.45) is 0. The van der Waals surface area contributed by atoms with Crippen LogP contribution < -0.4 is 10.6 Å². The number of benzene rings is 8. The average Bonchev–Trinajstić information content (AvgIpc) is 3.41. The number of anilines is 2. The standard InChI is InChI=1S/C36H38N2.C35H36N2/c1-23(2)29-15-10-16-30(24(3)4)36(29)38-35(28-21-25(5)20-26(6)22-28)34-19-11-18-33(37-34)32-17-9-13-27-12-7-8-14-31(27)32;1-23(2)27-18-11-19-28(24(3)4)34(27)37-35(29-16-8-6-13-25(29)5)33-22-12-21-32(36-33)31-20-10-15-26-14-7-9-17-30(26)31/h7-24,35,38H,1-6H3;6-24,35,37H,1-5H3. The molecule has 0 fully saturated rings. The van der Waals surface area contributed by atoms with Crippen molar-refractivity contribution in [2.24, 2.45) is 0 Å². The van der Waals surface area contributed by atoms with Crippen LogP contribution in [0.2, 0.25) is 0 Å². The Bertz CT molecular complexity index is 3500. The van der Waals surface area contributed by atoms with Gasteiger partial charge in [-0.15, -0.1) is 0 Å². The molecule has 0 amide bonds. The Balaban J connectivity index is 0.000000184. The topological polar surface area (TPSA) is 49.8 Å². The van der Waals surface area contributed by atoms with E-state index in [9.17, 15) is 0 Å². The molecule has 0 aliphatic heterocycles. The van der Waals surface area contributed by atoms with Gasteiger partial charge >= 0.3 is 0 Å². The van der Waals surface area contributed by atoms with Crippen molar-refractivity contribution in [3.8, 4) is 22.5 Å². The van der Waals surface area contributed by atoms with Crippen LogP contribution in [0.25, 0.3) is 44.1 Å². The fraction of sp³-hybridized carbons (Fsp3) is 0.239. The van der Waals surface area contributed by atoms with Crippen LogP contribution in [-0.4, -0.2) is 9.97 Å². The molecule has 0 saturated heterocycles. The number of para-hydroxylation sites is 2. The molecular formula is C71H74N4. The summed E-state index contributed by atoms with van der Waals surface area (Å²) < 4.78 is 0. The minimum atomic E-state index is -0.0825. The SMILES string of the molecule is Cc1cc(C)cc(C(Nc2c(C(C)C)cccc2C(C)C)c2cccc(-c3cccc4ccccc34)n2)c1.Cc1ccccc1C(Nc1c(C(C)C)cccc1C(C)C)c1cccc(-c2cccc3ccccc23)n1. The molecule has 4 heteroatoms. The number of nitrogens with zero attached hydrogens (tertiary/aromatic N) is 2. The molecule has 4 nitrogen and oxygen atoms in total. The first-order chi connectivity index (χ1) is 36.2. The van der Waals surface area contributed by atoms with Crippen LogP contribution in [0.4, 0.5) is 11.4 Å². The number of nitrogens with one attached hydrogen (secondary N) is 2. The van der Waals surface area contributed by atoms with Crippen molar-refractivity contribution in [3.63, 3.8) is 0 Å². The number of rotatable bonds is 14. The number of aryl methyl sites for hydroxylation is 3. The fourth-order valence-corrected chi connectivity index (χ4v) is 10.9. The van der Waals surface area contributed by atoms with Gasteiger partial charge in [-0.2, -0.15) is 0 Å².